The quantitative estimate of drug-likeness (QED) is 0.276. The number of rotatable bonds is 10. The highest BCUT2D eigenvalue weighted by molar-refractivity contribution is 9.10. The summed E-state index contributed by atoms with van der Waals surface area (Å²) >= 11 is 4.22. The van der Waals surface area contributed by atoms with E-state index in [4.69, 9.17) is 14.6 Å². The molecule has 0 radical (unpaired) electrons. The molecule has 0 unspecified atom stereocenters. The van der Waals surface area contributed by atoms with Crippen LogP contribution in [0, 0.1) is 0 Å². The monoisotopic (exact) mass is 610 g/mol. The fraction of sp³-hybridized carbons (Fsp3) is 0.143. The van der Waals surface area contributed by atoms with Crippen LogP contribution in [0.2, 0.25) is 0 Å². The lowest BCUT2D eigenvalue weighted by atomic mass is 10.1. The van der Waals surface area contributed by atoms with Crippen molar-refractivity contribution in [2.75, 3.05) is 18.5 Å². The molecular formula is C28H23BrN2O7S. The Kier molecular flexibility index (Phi) is 9.05. The highest BCUT2D eigenvalue weighted by Gasteiger charge is 2.36. The summed E-state index contributed by atoms with van der Waals surface area (Å²) < 4.78 is 11.8. The van der Waals surface area contributed by atoms with Gasteiger partial charge < -0.3 is 19.9 Å². The molecule has 0 aromatic heterocycles. The van der Waals surface area contributed by atoms with E-state index in [2.05, 4.69) is 21.2 Å². The van der Waals surface area contributed by atoms with E-state index in [1.807, 2.05) is 6.92 Å². The van der Waals surface area contributed by atoms with Gasteiger partial charge in [-0.1, -0.05) is 18.2 Å². The molecule has 1 aliphatic rings. The number of amides is 3. The van der Waals surface area contributed by atoms with Crippen molar-refractivity contribution in [1.29, 1.82) is 0 Å². The number of carbonyl (C=O) groups excluding carboxylic acids is 3. The summed E-state index contributed by atoms with van der Waals surface area (Å²) in [5, 5.41) is 11.1. The van der Waals surface area contributed by atoms with Crippen LogP contribution in [0.1, 0.15) is 28.4 Å². The van der Waals surface area contributed by atoms with Crippen LogP contribution in [-0.4, -0.2) is 46.2 Å². The first-order valence-corrected chi connectivity index (χ1v) is 13.4. The van der Waals surface area contributed by atoms with Crippen LogP contribution in [0.4, 0.5) is 10.5 Å². The van der Waals surface area contributed by atoms with Crippen LogP contribution in [-0.2, 0) is 16.2 Å². The number of hydrogen-bond donors (Lipinski definition) is 2. The number of benzene rings is 3. The molecule has 0 bridgehead atoms. The van der Waals surface area contributed by atoms with Gasteiger partial charge in [-0.05, 0) is 100 Å². The molecule has 3 aromatic carbocycles. The van der Waals surface area contributed by atoms with Crippen LogP contribution in [0.5, 0.6) is 11.5 Å². The van der Waals surface area contributed by atoms with E-state index in [1.54, 1.807) is 60.7 Å². The average Bonchev–Trinajstić information content (AvgIpc) is 3.17. The van der Waals surface area contributed by atoms with Gasteiger partial charge in [0.15, 0.2) is 0 Å². The molecule has 4 rings (SSSR count). The zero-order valence-corrected chi connectivity index (χ0v) is 23.1. The van der Waals surface area contributed by atoms with Crippen molar-refractivity contribution in [3.8, 4) is 11.5 Å². The van der Waals surface area contributed by atoms with Gasteiger partial charge in [0.1, 0.15) is 24.7 Å². The molecular weight excluding hydrogens is 588 g/mol. The average molecular weight is 611 g/mol. The first-order chi connectivity index (χ1) is 18.7. The summed E-state index contributed by atoms with van der Waals surface area (Å²) in [6.45, 7) is 2.23. The normalized spacial score (nSPS) is 14.0. The maximum atomic E-state index is 12.8. The molecule has 0 aliphatic carbocycles. The largest absolute Gasteiger partial charge is 0.494 e. The van der Waals surface area contributed by atoms with E-state index < -0.39 is 29.6 Å². The van der Waals surface area contributed by atoms with E-state index in [1.165, 1.54) is 12.1 Å². The highest BCUT2D eigenvalue weighted by Crippen LogP contribution is 2.34. The minimum absolute atomic E-state index is 0.196. The zero-order chi connectivity index (χ0) is 27.9. The second kappa shape index (κ2) is 12.6. The van der Waals surface area contributed by atoms with E-state index >= 15 is 0 Å². The van der Waals surface area contributed by atoms with Gasteiger partial charge >= 0.3 is 5.97 Å². The first kappa shape index (κ1) is 27.9. The Bertz CT molecular complexity index is 1440. The molecule has 3 aromatic rings. The number of thioether (sulfide) groups is 1. The SMILES string of the molecule is CCOc1ccc(NC(=O)CN2C(=O)S/C(=C/c3ccc(OCc4ccc(C(=O)O)cc4)c(Br)c3)C2=O)cc1. The van der Waals surface area contributed by atoms with Crippen molar-refractivity contribution in [3.05, 3.63) is 92.8 Å². The van der Waals surface area contributed by atoms with Crippen molar-refractivity contribution in [2.24, 2.45) is 0 Å². The smallest absolute Gasteiger partial charge is 0.335 e. The summed E-state index contributed by atoms with van der Waals surface area (Å²) in [6, 6.07) is 18.4. The molecule has 2 N–H and O–H groups in total. The lowest BCUT2D eigenvalue weighted by Crippen LogP contribution is -2.36. The number of hydrogen-bond acceptors (Lipinski definition) is 7. The molecule has 11 heteroatoms. The molecule has 1 aliphatic heterocycles. The third-order valence-electron chi connectivity index (χ3n) is 5.47. The molecule has 0 spiro atoms. The maximum Gasteiger partial charge on any atom is 0.335 e. The first-order valence-electron chi connectivity index (χ1n) is 11.8. The van der Waals surface area contributed by atoms with Gasteiger partial charge in [-0.15, -0.1) is 0 Å². The number of aromatic carboxylic acids is 1. The predicted molar refractivity (Wildman–Crippen MR) is 151 cm³/mol. The van der Waals surface area contributed by atoms with E-state index in [0.717, 1.165) is 22.2 Å². The number of halogens is 1. The van der Waals surface area contributed by atoms with Gasteiger partial charge in [0.2, 0.25) is 5.91 Å². The van der Waals surface area contributed by atoms with Crippen LogP contribution >= 0.6 is 27.7 Å². The van der Waals surface area contributed by atoms with Gasteiger partial charge in [-0.25, -0.2) is 4.79 Å². The standard InChI is InChI=1S/C28H23BrN2O7S/c1-2-37-21-10-8-20(9-11-21)30-25(32)15-31-26(33)24(39-28(31)36)14-18-5-12-23(22(29)13-18)38-16-17-3-6-19(7-4-17)27(34)35/h3-14H,2,15-16H2,1H3,(H,30,32)(H,34,35)/b24-14+. The Morgan fingerprint density at radius 2 is 1.74 bits per heavy atom. The van der Waals surface area contributed by atoms with E-state index in [9.17, 15) is 19.2 Å². The van der Waals surface area contributed by atoms with E-state index in [0.29, 0.717) is 33.8 Å². The molecule has 1 heterocycles. The molecule has 0 atom stereocenters. The number of carboxylic acid groups (broad SMARTS) is 1. The van der Waals surface area contributed by atoms with Crippen LogP contribution in [0.15, 0.2) is 76.1 Å². The third kappa shape index (κ3) is 7.27. The third-order valence-corrected chi connectivity index (χ3v) is 7.00. The summed E-state index contributed by atoms with van der Waals surface area (Å²) in [5.74, 6) is -0.817. The second-order valence-corrected chi connectivity index (χ2v) is 10.1. The lowest BCUT2D eigenvalue weighted by Gasteiger charge is -2.13. The van der Waals surface area contributed by atoms with Crippen molar-refractivity contribution in [3.63, 3.8) is 0 Å². The number of carbonyl (C=O) groups is 4. The fourth-order valence-corrected chi connectivity index (χ4v) is 4.91. The lowest BCUT2D eigenvalue weighted by molar-refractivity contribution is -0.127. The zero-order valence-electron chi connectivity index (χ0n) is 20.7. The van der Waals surface area contributed by atoms with Crippen LogP contribution in [0.3, 0.4) is 0 Å². The van der Waals surface area contributed by atoms with Crippen molar-refractivity contribution < 1.29 is 33.8 Å². The van der Waals surface area contributed by atoms with Crippen molar-refractivity contribution in [2.45, 2.75) is 13.5 Å². The molecule has 0 saturated carbocycles. The van der Waals surface area contributed by atoms with E-state index in [-0.39, 0.29) is 17.1 Å². The Morgan fingerprint density at radius 3 is 2.38 bits per heavy atom. The number of nitrogens with one attached hydrogen (secondary N) is 1. The molecule has 39 heavy (non-hydrogen) atoms. The molecule has 9 nitrogen and oxygen atoms in total. The molecule has 3 amide bonds. The molecule has 1 saturated heterocycles. The van der Waals surface area contributed by atoms with Crippen LogP contribution in [0.25, 0.3) is 6.08 Å². The minimum atomic E-state index is -0.995. The van der Waals surface area contributed by atoms with Gasteiger partial charge in [0.25, 0.3) is 11.1 Å². The summed E-state index contributed by atoms with van der Waals surface area (Å²) in [4.78, 5) is 49.9. The van der Waals surface area contributed by atoms with Crippen molar-refractivity contribution >= 4 is 62.5 Å². The Hall–Kier alpha value is -4.09. The Balaban J connectivity index is 1.35. The van der Waals surface area contributed by atoms with Gasteiger partial charge in [-0.3, -0.25) is 19.3 Å². The number of imide groups is 1. The maximum absolute atomic E-state index is 12.8. The minimum Gasteiger partial charge on any atom is -0.494 e. The van der Waals surface area contributed by atoms with Gasteiger partial charge in [0.05, 0.1) is 21.5 Å². The van der Waals surface area contributed by atoms with Crippen molar-refractivity contribution in [1.82, 2.24) is 4.90 Å². The molecule has 200 valence electrons. The Morgan fingerprint density at radius 1 is 1.03 bits per heavy atom. The molecule has 1 fully saturated rings. The number of nitrogens with zero attached hydrogens (tertiary/aromatic N) is 1. The second-order valence-electron chi connectivity index (χ2n) is 8.25. The number of carboxylic acids is 1. The fourth-order valence-electron chi connectivity index (χ4n) is 3.56. The summed E-state index contributed by atoms with van der Waals surface area (Å²) in [7, 11) is 0. The van der Waals surface area contributed by atoms with Gasteiger partial charge in [-0.2, -0.15) is 0 Å². The van der Waals surface area contributed by atoms with Crippen LogP contribution < -0.4 is 14.8 Å². The number of ether oxygens (including phenoxy) is 2. The summed E-state index contributed by atoms with van der Waals surface area (Å²) in [6.07, 6.45) is 1.58. The number of anilines is 1. The summed E-state index contributed by atoms with van der Waals surface area (Å²) in [5.41, 5.74) is 2.18. The Labute approximate surface area is 236 Å². The topological polar surface area (TPSA) is 122 Å². The highest BCUT2D eigenvalue weighted by atomic mass is 79.9. The van der Waals surface area contributed by atoms with Gasteiger partial charge in [0, 0.05) is 5.69 Å². The predicted octanol–water partition coefficient (Wildman–Crippen LogP) is 5.80.